The fourth-order valence-corrected chi connectivity index (χ4v) is 3.39. The summed E-state index contributed by atoms with van der Waals surface area (Å²) < 4.78 is 16.5. The van der Waals surface area contributed by atoms with Crippen LogP contribution < -0.4 is 9.47 Å². The molecule has 1 aliphatic rings. The lowest BCUT2D eigenvalue weighted by Gasteiger charge is -2.14. The second kappa shape index (κ2) is 11.6. The quantitative estimate of drug-likeness (QED) is 0.287. The second-order valence-corrected chi connectivity index (χ2v) is 8.18. The van der Waals surface area contributed by atoms with Crippen molar-refractivity contribution in [3.05, 3.63) is 28.7 Å². The average Bonchev–Trinajstić information content (AvgIpc) is 2.95. The summed E-state index contributed by atoms with van der Waals surface area (Å²) in [4.78, 5) is 37.8. The highest BCUT2D eigenvalue weighted by molar-refractivity contribution is 8.18. The number of carbonyl (C=O) groups is 3. The van der Waals surface area contributed by atoms with E-state index in [1.807, 2.05) is 13.8 Å². The minimum absolute atomic E-state index is 0.250. The van der Waals surface area contributed by atoms with Gasteiger partial charge in [-0.3, -0.25) is 19.3 Å². The smallest absolute Gasteiger partial charge is 0.326 e. The third-order valence-electron chi connectivity index (χ3n) is 4.06. The van der Waals surface area contributed by atoms with Crippen LogP contribution in [-0.4, -0.2) is 48.4 Å². The monoisotopic (exact) mass is 435 g/mol. The fraction of sp³-hybridized carbons (Fsp3) is 0.500. The van der Waals surface area contributed by atoms with E-state index in [9.17, 15) is 14.4 Å². The summed E-state index contributed by atoms with van der Waals surface area (Å²) in [5, 5.41) is -0.486. The largest absolute Gasteiger partial charge is 0.490 e. The minimum Gasteiger partial charge on any atom is -0.490 e. The van der Waals surface area contributed by atoms with Crippen LogP contribution >= 0.6 is 11.8 Å². The molecule has 0 aliphatic carbocycles. The van der Waals surface area contributed by atoms with Crippen molar-refractivity contribution in [3.8, 4) is 11.5 Å². The summed E-state index contributed by atoms with van der Waals surface area (Å²) in [5.41, 5.74) is 0.700. The van der Waals surface area contributed by atoms with Crippen molar-refractivity contribution < 1.29 is 28.6 Å². The lowest BCUT2D eigenvalue weighted by Crippen LogP contribution is -2.34. The van der Waals surface area contributed by atoms with Crippen LogP contribution in [0.4, 0.5) is 4.79 Å². The number of benzene rings is 1. The molecule has 1 fully saturated rings. The van der Waals surface area contributed by atoms with Gasteiger partial charge in [-0.05, 0) is 54.8 Å². The van der Waals surface area contributed by atoms with E-state index in [1.165, 1.54) is 0 Å². The number of rotatable bonds is 11. The zero-order valence-corrected chi connectivity index (χ0v) is 18.8. The Kier molecular flexibility index (Phi) is 9.23. The van der Waals surface area contributed by atoms with E-state index in [0.29, 0.717) is 36.2 Å². The normalized spacial score (nSPS) is 15.2. The first-order chi connectivity index (χ1) is 14.3. The molecular formula is C22H29NO6S. The number of carbonyl (C=O) groups excluding carboxylic acids is 3. The predicted molar refractivity (Wildman–Crippen MR) is 116 cm³/mol. The number of hydrogen-bond donors (Lipinski definition) is 0. The van der Waals surface area contributed by atoms with Gasteiger partial charge >= 0.3 is 5.97 Å². The van der Waals surface area contributed by atoms with Crippen LogP contribution in [0, 0.1) is 5.92 Å². The summed E-state index contributed by atoms with van der Waals surface area (Å²) in [6, 6.07) is 5.35. The molecule has 0 atom stereocenters. The molecule has 1 saturated heterocycles. The highest BCUT2D eigenvalue weighted by Gasteiger charge is 2.36. The molecule has 30 heavy (non-hydrogen) atoms. The van der Waals surface area contributed by atoms with E-state index in [4.69, 9.17) is 14.2 Å². The summed E-state index contributed by atoms with van der Waals surface area (Å²) in [6.45, 7) is 8.92. The van der Waals surface area contributed by atoms with E-state index < -0.39 is 17.1 Å². The van der Waals surface area contributed by atoms with Crippen LogP contribution in [-0.2, 0) is 14.3 Å². The minimum atomic E-state index is -0.586. The molecule has 0 N–H and O–H groups in total. The molecule has 1 heterocycles. The number of unbranched alkanes of at least 4 members (excludes halogenated alkanes) is 1. The first kappa shape index (κ1) is 23.8. The van der Waals surface area contributed by atoms with Gasteiger partial charge in [-0.2, -0.15) is 0 Å². The molecule has 7 nitrogen and oxygen atoms in total. The van der Waals surface area contributed by atoms with Gasteiger partial charge in [-0.1, -0.05) is 33.3 Å². The number of imide groups is 1. The predicted octanol–water partition coefficient (Wildman–Crippen LogP) is 4.50. The SMILES string of the molecule is CCCCOC(=O)CN1C(=O)S/C(=C\c2ccc(OCC(C)C)c(OCC)c2)C1=O. The van der Waals surface area contributed by atoms with E-state index in [0.717, 1.165) is 29.5 Å². The van der Waals surface area contributed by atoms with Crippen molar-refractivity contribution in [2.24, 2.45) is 5.92 Å². The number of amides is 2. The third-order valence-corrected chi connectivity index (χ3v) is 4.97. The molecule has 0 aromatic heterocycles. The van der Waals surface area contributed by atoms with Crippen molar-refractivity contribution in [2.75, 3.05) is 26.4 Å². The van der Waals surface area contributed by atoms with Gasteiger partial charge in [0.25, 0.3) is 11.1 Å². The molecular weight excluding hydrogens is 406 g/mol. The molecule has 1 aromatic carbocycles. The van der Waals surface area contributed by atoms with E-state index in [1.54, 1.807) is 24.3 Å². The summed E-state index contributed by atoms with van der Waals surface area (Å²) in [7, 11) is 0. The number of nitrogens with zero attached hydrogens (tertiary/aromatic N) is 1. The first-order valence-corrected chi connectivity index (χ1v) is 11.0. The molecule has 1 aliphatic heterocycles. The third kappa shape index (κ3) is 6.79. The lowest BCUT2D eigenvalue weighted by molar-refractivity contribution is -0.146. The Balaban J connectivity index is 2.12. The molecule has 2 rings (SSSR count). The Morgan fingerprint density at radius 3 is 2.60 bits per heavy atom. The highest BCUT2D eigenvalue weighted by atomic mass is 32.2. The Labute approximate surface area is 181 Å². The van der Waals surface area contributed by atoms with Gasteiger partial charge in [0.1, 0.15) is 6.54 Å². The summed E-state index contributed by atoms with van der Waals surface area (Å²) in [6.07, 6.45) is 3.25. The number of esters is 1. The Hall–Kier alpha value is -2.48. The zero-order valence-electron chi connectivity index (χ0n) is 17.9. The highest BCUT2D eigenvalue weighted by Crippen LogP contribution is 2.34. The molecule has 0 bridgehead atoms. The Morgan fingerprint density at radius 1 is 1.17 bits per heavy atom. The maximum absolute atomic E-state index is 12.6. The van der Waals surface area contributed by atoms with Crippen LogP contribution in [0.3, 0.4) is 0 Å². The second-order valence-electron chi connectivity index (χ2n) is 7.19. The van der Waals surface area contributed by atoms with E-state index >= 15 is 0 Å². The van der Waals surface area contributed by atoms with Crippen LogP contribution in [0.15, 0.2) is 23.1 Å². The van der Waals surface area contributed by atoms with Crippen LogP contribution in [0.25, 0.3) is 6.08 Å². The Bertz CT molecular complexity index is 805. The van der Waals surface area contributed by atoms with Crippen molar-refractivity contribution in [1.29, 1.82) is 0 Å². The number of hydrogen-bond acceptors (Lipinski definition) is 7. The van der Waals surface area contributed by atoms with Gasteiger partial charge in [0.15, 0.2) is 11.5 Å². The molecule has 2 amide bonds. The Morgan fingerprint density at radius 2 is 1.93 bits per heavy atom. The van der Waals surface area contributed by atoms with Crippen molar-refractivity contribution in [1.82, 2.24) is 4.90 Å². The zero-order chi connectivity index (χ0) is 22.1. The van der Waals surface area contributed by atoms with E-state index in [2.05, 4.69) is 13.8 Å². The van der Waals surface area contributed by atoms with Gasteiger partial charge < -0.3 is 14.2 Å². The lowest BCUT2D eigenvalue weighted by atomic mass is 10.1. The van der Waals surface area contributed by atoms with Crippen molar-refractivity contribution in [3.63, 3.8) is 0 Å². The summed E-state index contributed by atoms with van der Waals surface area (Å²) >= 11 is 0.803. The topological polar surface area (TPSA) is 82.1 Å². The van der Waals surface area contributed by atoms with Gasteiger partial charge in [0.05, 0.1) is 24.7 Å². The van der Waals surface area contributed by atoms with Crippen molar-refractivity contribution in [2.45, 2.75) is 40.5 Å². The average molecular weight is 436 g/mol. The molecule has 164 valence electrons. The van der Waals surface area contributed by atoms with E-state index in [-0.39, 0.29) is 18.1 Å². The van der Waals surface area contributed by atoms with Crippen LogP contribution in [0.1, 0.15) is 46.1 Å². The first-order valence-electron chi connectivity index (χ1n) is 10.2. The van der Waals surface area contributed by atoms with Gasteiger partial charge in [-0.15, -0.1) is 0 Å². The molecule has 0 saturated carbocycles. The number of ether oxygens (including phenoxy) is 3. The van der Waals surface area contributed by atoms with Crippen molar-refractivity contribution >= 4 is 35.0 Å². The van der Waals surface area contributed by atoms with Crippen LogP contribution in [0.2, 0.25) is 0 Å². The van der Waals surface area contributed by atoms with Gasteiger partial charge in [0, 0.05) is 0 Å². The van der Waals surface area contributed by atoms with Gasteiger partial charge in [-0.25, -0.2) is 0 Å². The van der Waals surface area contributed by atoms with Gasteiger partial charge in [0.2, 0.25) is 0 Å². The molecule has 8 heteroatoms. The fourth-order valence-electron chi connectivity index (χ4n) is 2.55. The summed E-state index contributed by atoms with van der Waals surface area (Å²) in [5.74, 6) is 0.489. The maximum atomic E-state index is 12.6. The molecule has 0 radical (unpaired) electrons. The standard InChI is InChI=1S/C22H29NO6S/c1-5-7-10-28-20(24)13-23-21(25)19(30-22(23)26)12-16-8-9-17(29-14-15(3)4)18(11-16)27-6-2/h8-9,11-12,15H,5-7,10,13-14H2,1-4H3/b19-12-. The number of thioether (sulfide) groups is 1. The molecule has 0 unspecified atom stereocenters. The molecule has 0 spiro atoms. The maximum Gasteiger partial charge on any atom is 0.326 e. The molecule has 1 aromatic rings. The van der Waals surface area contributed by atoms with Crippen LogP contribution in [0.5, 0.6) is 11.5 Å².